The van der Waals surface area contributed by atoms with Gasteiger partial charge in [0.2, 0.25) is 0 Å². The summed E-state index contributed by atoms with van der Waals surface area (Å²) >= 11 is 0. The van der Waals surface area contributed by atoms with Crippen LogP contribution in [0.1, 0.15) is 54.2 Å². The molecule has 1 aliphatic rings. The summed E-state index contributed by atoms with van der Waals surface area (Å²) in [5.74, 6) is -0.279. The molecule has 0 bridgehead atoms. The average molecular weight is 560 g/mol. The monoisotopic (exact) mass is 559 g/mol. The molecule has 1 fully saturated rings. The fourth-order valence-electron chi connectivity index (χ4n) is 4.69. The van der Waals surface area contributed by atoms with Crippen LogP contribution in [0.3, 0.4) is 0 Å². The van der Waals surface area contributed by atoms with Gasteiger partial charge in [-0.15, -0.1) is 0 Å². The van der Waals surface area contributed by atoms with Gasteiger partial charge in [0.25, 0.3) is 15.9 Å². The highest BCUT2D eigenvalue weighted by atomic mass is 32.2. The number of nitrogens with zero attached hydrogens (tertiary/aromatic N) is 3. The van der Waals surface area contributed by atoms with Crippen molar-refractivity contribution in [2.45, 2.75) is 43.9 Å². The Hall–Kier alpha value is -3.93. The minimum absolute atomic E-state index is 0.0177. The van der Waals surface area contributed by atoms with Gasteiger partial charge in [-0.25, -0.2) is 14.7 Å². The minimum Gasteiger partial charge on any atom is -0.384 e. The Morgan fingerprint density at radius 2 is 1.79 bits per heavy atom. The molecular weight excluding hydrogens is 531 g/mol. The standard InChI is InChI=1S/C27H28F3N5O3S/c1-17-14-26(2,3)35(16-17)24-21(25(36)34-39(37,38)23-6-4-5-22(31)33-23)13-19(15-32-24)8-7-18-9-11-20(12-10-18)27(28,29)30/h4-13,15,17H,14,16H2,1-3H3,(H2,31,33)(H,34,36)/b8-7+. The van der Waals surface area contributed by atoms with E-state index in [1.807, 2.05) is 18.7 Å². The topological polar surface area (TPSA) is 118 Å². The summed E-state index contributed by atoms with van der Waals surface area (Å²) in [5, 5.41) is -0.404. The second-order valence-electron chi connectivity index (χ2n) is 10.2. The van der Waals surface area contributed by atoms with Crippen LogP contribution in [0.15, 0.2) is 59.8 Å². The molecule has 0 aliphatic carbocycles. The van der Waals surface area contributed by atoms with Gasteiger partial charge in [-0.2, -0.15) is 21.6 Å². The van der Waals surface area contributed by atoms with Crippen LogP contribution in [0.5, 0.6) is 0 Å². The summed E-state index contributed by atoms with van der Waals surface area (Å²) in [7, 11) is -4.34. The maximum absolute atomic E-state index is 13.4. The molecule has 1 aliphatic heterocycles. The first-order valence-corrected chi connectivity index (χ1v) is 13.6. The van der Waals surface area contributed by atoms with Crippen LogP contribution in [-0.2, 0) is 16.2 Å². The smallest absolute Gasteiger partial charge is 0.384 e. The summed E-state index contributed by atoms with van der Waals surface area (Å²) in [6.45, 7) is 6.74. The summed E-state index contributed by atoms with van der Waals surface area (Å²) in [5.41, 5.74) is 5.49. The lowest BCUT2D eigenvalue weighted by molar-refractivity contribution is -0.137. The van der Waals surface area contributed by atoms with Crippen LogP contribution < -0.4 is 15.4 Å². The van der Waals surface area contributed by atoms with Gasteiger partial charge in [0.05, 0.1) is 11.1 Å². The summed E-state index contributed by atoms with van der Waals surface area (Å²) in [6, 6.07) is 10.2. The number of sulfonamides is 1. The number of carbonyl (C=O) groups is 1. The first-order valence-electron chi connectivity index (χ1n) is 12.1. The van der Waals surface area contributed by atoms with Crippen LogP contribution in [-0.4, -0.2) is 36.4 Å². The van der Waals surface area contributed by atoms with Gasteiger partial charge in [-0.05, 0) is 67.6 Å². The first kappa shape index (κ1) is 28.1. The van der Waals surface area contributed by atoms with E-state index in [-0.39, 0.29) is 16.9 Å². The Balaban J connectivity index is 1.70. The molecule has 0 saturated carbocycles. The Morgan fingerprint density at radius 3 is 2.38 bits per heavy atom. The fourth-order valence-corrected chi connectivity index (χ4v) is 5.63. The van der Waals surface area contributed by atoms with E-state index in [2.05, 4.69) is 21.6 Å². The van der Waals surface area contributed by atoms with Crippen molar-refractivity contribution in [3.63, 3.8) is 0 Å². The normalized spacial score (nSPS) is 17.5. The van der Waals surface area contributed by atoms with E-state index in [0.29, 0.717) is 29.4 Å². The predicted octanol–water partition coefficient (Wildman–Crippen LogP) is 4.99. The SMILES string of the molecule is CC1CN(c2ncc(/C=C/c3ccc(C(F)(F)F)cc3)cc2C(=O)NS(=O)(=O)c2cccc(N)n2)C(C)(C)C1. The van der Waals surface area contributed by atoms with Gasteiger partial charge in [0, 0.05) is 18.3 Å². The third kappa shape index (κ3) is 6.39. The molecule has 0 spiro atoms. The van der Waals surface area contributed by atoms with Crippen molar-refractivity contribution in [3.05, 3.63) is 77.0 Å². The number of amides is 1. The fraction of sp³-hybridized carbons (Fsp3) is 0.296. The number of halogens is 3. The highest BCUT2D eigenvalue weighted by Crippen LogP contribution is 2.37. The molecule has 2 aromatic heterocycles. The highest BCUT2D eigenvalue weighted by Gasteiger charge is 2.39. The summed E-state index contributed by atoms with van der Waals surface area (Å²) < 4.78 is 66.4. The van der Waals surface area contributed by atoms with E-state index >= 15 is 0 Å². The molecule has 4 rings (SSSR count). The van der Waals surface area contributed by atoms with Gasteiger partial charge in [-0.1, -0.05) is 37.3 Å². The van der Waals surface area contributed by atoms with E-state index in [9.17, 15) is 26.4 Å². The van der Waals surface area contributed by atoms with Crippen molar-refractivity contribution >= 4 is 39.7 Å². The zero-order valence-electron chi connectivity index (χ0n) is 21.5. The molecule has 206 valence electrons. The van der Waals surface area contributed by atoms with E-state index in [1.165, 1.54) is 42.6 Å². The number of nitrogens with one attached hydrogen (secondary N) is 1. The van der Waals surface area contributed by atoms with Gasteiger partial charge >= 0.3 is 6.18 Å². The number of anilines is 2. The number of pyridine rings is 2. The average Bonchev–Trinajstić information content (AvgIpc) is 3.13. The molecule has 1 aromatic carbocycles. The molecular formula is C27H28F3N5O3S. The van der Waals surface area contributed by atoms with Crippen molar-refractivity contribution in [2.75, 3.05) is 17.2 Å². The van der Waals surface area contributed by atoms with E-state index in [1.54, 1.807) is 12.2 Å². The number of aromatic nitrogens is 2. The quantitative estimate of drug-likeness (QED) is 0.437. The molecule has 8 nitrogen and oxygen atoms in total. The van der Waals surface area contributed by atoms with Crippen LogP contribution in [0, 0.1) is 5.92 Å². The number of hydrogen-bond acceptors (Lipinski definition) is 7. The Kier molecular flexibility index (Phi) is 7.44. The van der Waals surface area contributed by atoms with Crippen molar-refractivity contribution in [1.29, 1.82) is 0 Å². The second kappa shape index (κ2) is 10.3. The third-order valence-electron chi connectivity index (χ3n) is 6.41. The van der Waals surface area contributed by atoms with Gasteiger partial charge in [0.15, 0.2) is 5.03 Å². The third-order valence-corrected chi connectivity index (χ3v) is 7.65. The number of nitrogens with two attached hydrogens (primary N) is 1. The van der Waals surface area contributed by atoms with Crippen molar-refractivity contribution in [1.82, 2.24) is 14.7 Å². The highest BCUT2D eigenvalue weighted by molar-refractivity contribution is 7.90. The Bertz CT molecular complexity index is 1520. The molecule has 3 heterocycles. The zero-order valence-corrected chi connectivity index (χ0v) is 22.3. The molecule has 0 radical (unpaired) electrons. The summed E-state index contributed by atoms with van der Waals surface area (Å²) in [4.78, 5) is 23.7. The van der Waals surface area contributed by atoms with Crippen LogP contribution >= 0.6 is 0 Å². The molecule has 1 saturated heterocycles. The summed E-state index contributed by atoms with van der Waals surface area (Å²) in [6.07, 6.45) is 1.10. The lowest BCUT2D eigenvalue weighted by Gasteiger charge is -2.33. The van der Waals surface area contributed by atoms with Crippen LogP contribution in [0.4, 0.5) is 24.8 Å². The number of benzene rings is 1. The van der Waals surface area contributed by atoms with E-state index < -0.39 is 32.7 Å². The minimum atomic E-state index is -4.44. The maximum atomic E-state index is 13.4. The van der Waals surface area contributed by atoms with Crippen LogP contribution in [0.25, 0.3) is 12.2 Å². The largest absolute Gasteiger partial charge is 0.416 e. The lowest BCUT2D eigenvalue weighted by Crippen LogP contribution is -2.41. The predicted molar refractivity (Wildman–Crippen MR) is 143 cm³/mol. The molecule has 12 heteroatoms. The van der Waals surface area contributed by atoms with E-state index in [0.717, 1.165) is 18.6 Å². The first-order chi connectivity index (χ1) is 18.2. The van der Waals surface area contributed by atoms with Crippen molar-refractivity contribution in [3.8, 4) is 0 Å². The van der Waals surface area contributed by atoms with Gasteiger partial charge in [0.1, 0.15) is 11.6 Å². The molecule has 3 N–H and O–H groups in total. The van der Waals surface area contributed by atoms with E-state index in [4.69, 9.17) is 5.73 Å². The number of carbonyl (C=O) groups excluding carboxylic acids is 1. The molecule has 1 amide bonds. The molecule has 1 unspecified atom stereocenters. The number of nitrogen functional groups attached to an aromatic ring is 1. The van der Waals surface area contributed by atoms with Gasteiger partial charge in [-0.3, -0.25) is 4.79 Å². The Morgan fingerprint density at radius 1 is 1.13 bits per heavy atom. The van der Waals surface area contributed by atoms with Crippen LogP contribution in [0.2, 0.25) is 0 Å². The van der Waals surface area contributed by atoms with Crippen molar-refractivity contribution < 1.29 is 26.4 Å². The Labute approximate surface area is 224 Å². The number of alkyl halides is 3. The van der Waals surface area contributed by atoms with Crippen molar-refractivity contribution in [2.24, 2.45) is 5.92 Å². The maximum Gasteiger partial charge on any atom is 0.416 e. The molecule has 1 atom stereocenters. The zero-order chi connectivity index (χ0) is 28.6. The second-order valence-corrected chi connectivity index (χ2v) is 11.8. The van der Waals surface area contributed by atoms with Gasteiger partial charge < -0.3 is 10.6 Å². The lowest BCUT2D eigenvalue weighted by atomic mass is 9.97. The molecule has 3 aromatic rings. The number of rotatable bonds is 6. The molecule has 39 heavy (non-hydrogen) atoms. The number of hydrogen-bond donors (Lipinski definition) is 2.